The second kappa shape index (κ2) is 9.88. The van der Waals surface area contributed by atoms with Crippen LogP contribution in [0.2, 0.25) is 0 Å². The van der Waals surface area contributed by atoms with E-state index in [-0.39, 0.29) is 18.2 Å². The molecular formula is C23H18BrN3O4S. The van der Waals surface area contributed by atoms with E-state index in [0.717, 1.165) is 15.8 Å². The number of furan rings is 1. The number of hydrogen-bond acceptors (Lipinski definition) is 7. The number of hydrogen-bond donors (Lipinski definition) is 1. The average Bonchev–Trinajstić information content (AvgIpc) is 3.41. The maximum atomic E-state index is 13.1. The van der Waals surface area contributed by atoms with Crippen LogP contribution in [0, 0.1) is 0 Å². The molecule has 0 atom stereocenters. The number of nitrogens with zero attached hydrogens (tertiary/aromatic N) is 3. The fourth-order valence-electron chi connectivity index (χ4n) is 2.90. The summed E-state index contributed by atoms with van der Waals surface area (Å²) in [5.41, 5.74) is 1.37. The van der Waals surface area contributed by atoms with Gasteiger partial charge in [0.05, 0.1) is 31.0 Å². The highest BCUT2D eigenvalue weighted by Gasteiger charge is 2.34. The summed E-state index contributed by atoms with van der Waals surface area (Å²) in [5, 5.41) is 19.0. The average molecular weight is 512 g/mol. The third kappa shape index (κ3) is 5.12. The van der Waals surface area contributed by atoms with Gasteiger partial charge in [0.2, 0.25) is 0 Å². The van der Waals surface area contributed by atoms with Crippen molar-refractivity contribution >= 4 is 51.1 Å². The quantitative estimate of drug-likeness (QED) is 0.277. The Labute approximate surface area is 197 Å². The molecule has 1 aliphatic rings. The minimum Gasteiger partial charge on any atom is -0.507 e. The van der Waals surface area contributed by atoms with Gasteiger partial charge in [0.15, 0.2) is 5.17 Å². The molecular weight excluding hydrogens is 494 g/mol. The lowest BCUT2D eigenvalue weighted by atomic mass is 10.2. The number of phenols is 1. The number of benzene rings is 2. The minimum absolute atomic E-state index is 0.0783. The number of amidine groups is 1. The van der Waals surface area contributed by atoms with Crippen molar-refractivity contribution in [2.24, 2.45) is 10.2 Å². The van der Waals surface area contributed by atoms with Crippen molar-refractivity contribution in [2.75, 3.05) is 7.11 Å². The number of halogens is 1. The maximum Gasteiger partial charge on any atom is 0.267 e. The predicted octanol–water partition coefficient (Wildman–Crippen LogP) is 5.26. The lowest BCUT2D eigenvalue weighted by molar-refractivity contribution is -0.122. The number of thioether (sulfide) groups is 1. The van der Waals surface area contributed by atoms with Crippen molar-refractivity contribution in [2.45, 2.75) is 6.54 Å². The van der Waals surface area contributed by atoms with Gasteiger partial charge in [0.1, 0.15) is 17.3 Å². The molecule has 9 heteroatoms. The van der Waals surface area contributed by atoms with Crippen LogP contribution < -0.4 is 4.74 Å². The molecule has 2 heterocycles. The number of aromatic hydroxyl groups is 1. The number of methoxy groups -OCH3 is 1. The molecule has 0 spiro atoms. The summed E-state index contributed by atoms with van der Waals surface area (Å²) < 4.78 is 11.3. The van der Waals surface area contributed by atoms with Crippen LogP contribution in [-0.4, -0.2) is 34.4 Å². The first-order chi connectivity index (χ1) is 15.5. The van der Waals surface area contributed by atoms with Crippen LogP contribution in [0.25, 0.3) is 6.08 Å². The van der Waals surface area contributed by atoms with Crippen molar-refractivity contribution in [1.82, 2.24) is 4.90 Å². The van der Waals surface area contributed by atoms with Crippen molar-refractivity contribution in [3.05, 3.63) is 87.1 Å². The summed E-state index contributed by atoms with van der Waals surface area (Å²) in [7, 11) is 1.61. The second-order valence-corrected chi connectivity index (χ2v) is 8.61. The normalized spacial score (nSPS) is 16.6. The molecule has 2 aromatic carbocycles. The zero-order valence-electron chi connectivity index (χ0n) is 16.9. The van der Waals surface area contributed by atoms with E-state index in [1.807, 2.05) is 24.3 Å². The van der Waals surface area contributed by atoms with Crippen LogP contribution in [0.1, 0.15) is 16.9 Å². The van der Waals surface area contributed by atoms with E-state index in [1.54, 1.807) is 56.0 Å². The first-order valence-electron chi connectivity index (χ1n) is 9.51. The molecule has 162 valence electrons. The van der Waals surface area contributed by atoms with E-state index >= 15 is 0 Å². The Balaban J connectivity index is 1.62. The third-order valence-electron chi connectivity index (χ3n) is 4.52. The molecule has 1 aromatic heterocycles. The van der Waals surface area contributed by atoms with E-state index in [1.165, 1.54) is 16.7 Å². The van der Waals surface area contributed by atoms with Gasteiger partial charge in [0, 0.05) is 10.0 Å². The molecule has 1 N–H and O–H groups in total. The summed E-state index contributed by atoms with van der Waals surface area (Å²) in [6.07, 6.45) is 4.79. The molecule has 0 bridgehead atoms. The molecule has 4 rings (SSSR count). The molecule has 1 aliphatic heterocycles. The van der Waals surface area contributed by atoms with E-state index < -0.39 is 0 Å². The number of carbonyl (C=O) groups is 1. The Morgan fingerprint density at radius 2 is 2.03 bits per heavy atom. The fraction of sp³-hybridized carbons (Fsp3) is 0.0870. The maximum absolute atomic E-state index is 13.1. The van der Waals surface area contributed by atoms with Crippen LogP contribution in [0.3, 0.4) is 0 Å². The Kier molecular flexibility index (Phi) is 6.77. The van der Waals surface area contributed by atoms with Gasteiger partial charge >= 0.3 is 0 Å². The number of phenolic OH excluding ortho intramolecular Hbond substituents is 1. The molecule has 1 fully saturated rings. The number of amides is 1. The molecule has 32 heavy (non-hydrogen) atoms. The second-order valence-electron chi connectivity index (χ2n) is 6.68. The summed E-state index contributed by atoms with van der Waals surface area (Å²) in [6, 6.07) is 16.0. The van der Waals surface area contributed by atoms with E-state index in [0.29, 0.717) is 21.4 Å². The molecule has 0 saturated carbocycles. The Bertz CT molecular complexity index is 1200. The monoisotopic (exact) mass is 511 g/mol. The Morgan fingerprint density at radius 1 is 1.22 bits per heavy atom. The zero-order chi connectivity index (χ0) is 22.5. The molecule has 7 nitrogen and oxygen atoms in total. The fourth-order valence-corrected chi connectivity index (χ4v) is 4.20. The highest BCUT2D eigenvalue weighted by molar-refractivity contribution is 9.10. The highest BCUT2D eigenvalue weighted by Crippen LogP contribution is 2.35. The Morgan fingerprint density at radius 3 is 2.75 bits per heavy atom. The molecule has 0 radical (unpaired) electrons. The number of rotatable bonds is 6. The Hall–Kier alpha value is -3.30. The first kappa shape index (κ1) is 21.9. The van der Waals surface area contributed by atoms with Crippen molar-refractivity contribution in [1.29, 1.82) is 0 Å². The van der Waals surface area contributed by atoms with Crippen molar-refractivity contribution in [3.63, 3.8) is 0 Å². The smallest absolute Gasteiger partial charge is 0.267 e. The zero-order valence-corrected chi connectivity index (χ0v) is 19.3. The molecule has 0 aliphatic carbocycles. The van der Waals surface area contributed by atoms with Gasteiger partial charge in [0.25, 0.3) is 5.91 Å². The van der Waals surface area contributed by atoms with Gasteiger partial charge in [-0.1, -0.05) is 15.9 Å². The topological polar surface area (TPSA) is 87.6 Å². The van der Waals surface area contributed by atoms with Crippen LogP contribution in [0.4, 0.5) is 0 Å². The van der Waals surface area contributed by atoms with Crippen LogP contribution in [0.5, 0.6) is 11.5 Å². The molecule has 3 aromatic rings. The molecule has 1 saturated heterocycles. The highest BCUT2D eigenvalue weighted by atomic mass is 79.9. The van der Waals surface area contributed by atoms with E-state index in [4.69, 9.17) is 9.15 Å². The van der Waals surface area contributed by atoms with E-state index in [2.05, 4.69) is 26.1 Å². The predicted molar refractivity (Wildman–Crippen MR) is 129 cm³/mol. The lowest BCUT2D eigenvalue weighted by Gasteiger charge is -2.12. The lowest BCUT2D eigenvalue weighted by Crippen LogP contribution is -2.28. The van der Waals surface area contributed by atoms with Gasteiger partial charge in [-0.25, -0.2) is 0 Å². The largest absolute Gasteiger partial charge is 0.507 e. The first-order valence-corrected chi connectivity index (χ1v) is 11.1. The summed E-state index contributed by atoms with van der Waals surface area (Å²) in [6.45, 7) is 0.220. The number of ether oxygens (including phenoxy) is 1. The van der Waals surface area contributed by atoms with Gasteiger partial charge in [-0.2, -0.15) is 5.10 Å². The summed E-state index contributed by atoms with van der Waals surface area (Å²) in [5.74, 6) is 1.21. The van der Waals surface area contributed by atoms with E-state index in [9.17, 15) is 9.90 Å². The summed E-state index contributed by atoms with van der Waals surface area (Å²) in [4.78, 5) is 15.0. The van der Waals surface area contributed by atoms with Gasteiger partial charge < -0.3 is 14.3 Å². The number of carbonyl (C=O) groups excluding carboxylic acids is 1. The van der Waals surface area contributed by atoms with Crippen LogP contribution in [0.15, 0.2) is 84.9 Å². The van der Waals surface area contributed by atoms with Crippen LogP contribution in [-0.2, 0) is 11.3 Å². The van der Waals surface area contributed by atoms with Gasteiger partial charge in [-0.3, -0.25) is 9.69 Å². The van der Waals surface area contributed by atoms with Crippen molar-refractivity contribution in [3.8, 4) is 11.5 Å². The van der Waals surface area contributed by atoms with Gasteiger partial charge in [-0.05, 0) is 78.0 Å². The molecule has 0 unspecified atom stereocenters. The minimum atomic E-state index is -0.246. The third-order valence-corrected chi connectivity index (χ3v) is 6.01. The van der Waals surface area contributed by atoms with Crippen molar-refractivity contribution < 1.29 is 19.1 Å². The van der Waals surface area contributed by atoms with Gasteiger partial charge in [-0.15, -0.1) is 5.10 Å². The summed E-state index contributed by atoms with van der Waals surface area (Å²) >= 11 is 4.57. The molecule has 1 amide bonds. The van der Waals surface area contributed by atoms with Crippen LogP contribution >= 0.6 is 27.7 Å². The standard InChI is InChI=1S/C23H18BrN3O4S/c1-30-18-7-4-15(5-8-18)13-25-26-23-27(14-19-3-2-10-31-19)22(29)21(32-23)12-16-11-17(24)6-9-20(16)28/h2-13,28H,14H2,1H3/b21-12-,25-13-,26-23+. The SMILES string of the molecule is COc1ccc(/C=N\N=C2\S/C(=C\c3cc(Br)ccc3O)C(=O)N2Cc2ccco2)cc1.